The van der Waals surface area contributed by atoms with E-state index in [0.29, 0.717) is 5.56 Å². The third kappa shape index (κ3) is 4.72. The summed E-state index contributed by atoms with van der Waals surface area (Å²) in [6, 6.07) is 5.78. The monoisotopic (exact) mass is 344 g/mol. The molecule has 1 aromatic rings. The van der Waals surface area contributed by atoms with Crippen LogP contribution in [0.2, 0.25) is 0 Å². The molecule has 1 rings (SSSR count). The van der Waals surface area contributed by atoms with Gasteiger partial charge in [0.05, 0.1) is 11.9 Å². The smallest absolute Gasteiger partial charge is 0.238 e. The van der Waals surface area contributed by atoms with Crippen LogP contribution in [0.5, 0.6) is 0 Å². The third-order valence-corrected chi connectivity index (χ3v) is 3.98. The molecule has 5 nitrogen and oxygen atoms in total. The number of hydrogen-bond acceptors (Lipinski definition) is 3. The van der Waals surface area contributed by atoms with Gasteiger partial charge in [0.25, 0.3) is 0 Å². The highest BCUT2D eigenvalue weighted by atomic mass is 35.6. The Kier molecular flexibility index (Phi) is 4.95. The van der Waals surface area contributed by atoms with E-state index < -0.39 is 26.3 Å². The quantitative estimate of drug-likeness (QED) is 0.844. The van der Waals surface area contributed by atoms with Gasteiger partial charge in [-0.3, -0.25) is 9.10 Å². The molecule has 19 heavy (non-hydrogen) atoms. The first-order chi connectivity index (χ1) is 8.51. The summed E-state index contributed by atoms with van der Waals surface area (Å²) in [4.78, 5) is 10.9. The minimum Gasteiger partial charge on any atom is -0.368 e. The number of sulfonamides is 1. The van der Waals surface area contributed by atoms with Gasteiger partial charge < -0.3 is 5.73 Å². The summed E-state index contributed by atoms with van der Waals surface area (Å²) in [5.74, 6) is -0.768. The molecule has 9 heteroatoms. The Hall–Kier alpha value is -0.690. The van der Waals surface area contributed by atoms with Crippen molar-refractivity contribution in [2.75, 3.05) is 17.1 Å². The number of carbonyl (C=O) groups excluding carboxylic acids is 1. The lowest BCUT2D eigenvalue weighted by molar-refractivity contribution is -0.116. The molecule has 0 heterocycles. The highest BCUT2D eigenvalue weighted by molar-refractivity contribution is 7.92. The molecule has 106 valence electrons. The first kappa shape index (κ1) is 16.4. The van der Waals surface area contributed by atoms with Crippen molar-refractivity contribution in [3.8, 4) is 0 Å². The molecule has 0 aliphatic carbocycles. The van der Waals surface area contributed by atoms with Crippen LogP contribution < -0.4 is 10.0 Å². The van der Waals surface area contributed by atoms with Crippen molar-refractivity contribution >= 4 is 56.4 Å². The van der Waals surface area contributed by atoms with E-state index >= 15 is 0 Å². The van der Waals surface area contributed by atoms with Crippen molar-refractivity contribution in [1.29, 1.82) is 0 Å². The molecule has 0 spiro atoms. The minimum absolute atomic E-state index is 0.263. The van der Waals surface area contributed by atoms with Gasteiger partial charge in [-0.1, -0.05) is 46.9 Å². The Morgan fingerprint density at radius 1 is 1.26 bits per heavy atom. The van der Waals surface area contributed by atoms with Gasteiger partial charge in [0.1, 0.15) is 6.54 Å². The molecule has 0 saturated heterocycles. The molecule has 0 atom stereocenters. The predicted octanol–water partition coefficient (Wildman–Crippen LogP) is 1.76. The van der Waals surface area contributed by atoms with E-state index in [1.54, 1.807) is 0 Å². The normalized spacial score (nSPS) is 12.2. The molecule has 0 unspecified atom stereocenters. The van der Waals surface area contributed by atoms with E-state index in [2.05, 4.69) is 0 Å². The number of nitrogens with two attached hydrogens (primary N) is 1. The number of primary amides is 1. The summed E-state index contributed by atoms with van der Waals surface area (Å²) in [5, 5.41) is 0. The Morgan fingerprint density at radius 3 is 2.05 bits per heavy atom. The van der Waals surface area contributed by atoms with Crippen LogP contribution in [-0.4, -0.2) is 27.1 Å². The second-order valence-electron chi connectivity index (χ2n) is 3.78. The number of alkyl halides is 3. The number of hydrogen-bond donors (Lipinski definition) is 1. The van der Waals surface area contributed by atoms with E-state index in [0.717, 1.165) is 10.6 Å². The van der Waals surface area contributed by atoms with Crippen LogP contribution in [0, 0.1) is 0 Å². The van der Waals surface area contributed by atoms with Gasteiger partial charge in [0.15, 0.2) is 0 Å². The lowest BCUT2D eigenvalue weighted by Crippen LogP contribution is -2.37. The standard InChI is InChI=1S/C10H11Cl3N2O3S/c1-19(17,18)15(6-9(14)16)8-4-2-7(3-5-8)10(11,12)13/h2-5H,6H2,1H3,(H2,14,16). The Labute approximate surface area is 126 Å². The summed E-state index contributed by atoms with van der Waals surface area (Å²) < 4.78 is 22.5. The van der Waals surface area contributed by atoms with Crippen LogP contribution in [0.3, 0.4) is 0 Å². The maximum atomic E-state index is 11.6. The zero-order valence-corrected chi connectivity index (χ0v) is 12.9. The molecule has 0 aromatic heterocycles. The van der Waals surface area contributed by atoms with E-state index in [4.69, 9.17) is 40.5 Å². The molecule has 2 N–H and O–H groups in total. The van der Waals surface area contributed by atoms with Crippen molar-refractivity contribution in [3.05, 3.63) is 29.8 Å². The zero-order valence-electron chi connectivity index (χ0n) is 9.81. The van der Waals surface area contributed by atoms with Crippen LogP contribution in [0.25, 0.3) is 0 Å². The molecular weight excluding hydrogens is 335 g/mol. The molecule has 1 amide bonds. The maximum absolute atomic E-state index is 11.6. The fourth-order valence-corrected chi connectivity index (χ4v) is 2.60. The van der Waals surface area contributed by atoms with Crippen LogP contribution in [0.4, 0.5) is 5.69 Å². The highest BCUT2D eigenvalue weighted by Gasteiger charge is 2.24. The van der Waals surface area contributed by atoms with Crippen LogP contribution in [0.15, 0.2) is 24.3 Å². The summed E-state index contributed by atoms with van der Waals surface area (Å²) in [6.45, 7) is -0.452. The number of benzene rings is 1. The van der Waals surface area contributed by atoms with Crippen molar-refractivity contribution in [2.24, 2.45) is 5.73 Å². The van der Waals surface area contributed by atoms with Gasteiger partial charge in [0.2, 0.25) is 19.7 Å². The number of nitrogens with zero attached hydrogens (tertiary/aromatic N) is 1. The van der Waals surface area contributed by atoms with Crippen LogP contribution >= 0.6 is 34.8 Å². The average molecular weight is 346 g/mol. The van der Waals surface area contributed by atoms with E-state index in [-0.39, 0.29) is 5.69 Å². The first-order valence-electron chi connectivity index (χ1n) is 4.95. The third-order valence-electron chi connectivity index (χ3n) is 2.18. The molecule has 0 aliphatic heterocycles. The van der Waals surface area contributed by atoms with E-state index in [9.17, 15) is 13.2 Å². The topological polar surface area (TPSA) is 80.5 Å². The van der Waals surface area contributed by atoms with Gasteiger partial charge in [-0.25, -0.2) is 8.42 Å². The van der Waals surface area contributed by atoms with Gasteiger partial charge in [-0.15, -0.1) is 0 Å². The number of halogens is 3. The summed E-state index contributed by atoms with van der Waals surface area (Å²) >= 11 is 17.1. The minimum atomic E-state index is -3.63. The molecule has 0 bridgehead atoms. The number of carbonyl (C=O) groups is 1. The fourth-order valence-electron chi connectivity index (χ4n) is 1.36. The van der Waals surface area contributed by atoms with Crippen LogP contribution in [0.1, 0.15) is 5.56 Å². The van der Waals surface area contributed by atoms with Crippen molar-refractivity contribution in [2.45, 2.75) is 3.79 Å². The van der Waals surface area contributed by atoms with Crippen molar-refractivity contribution < 1.29 is 13.2 Å². The average Bonchev–Trinajstić information content (AvgIpc) is 2.23. The lowest BCUT2D eigenvalue weighted by Gasteiger charge is -2.21. The van der Waals surface area contributed by atoms with Crippen LogP contribution in [-0.2, 0) is 18.6 Å². The Balaban J connectivity index is 3.15. The number of rotatable bonds is 4. The maximum Gasteiger partial charge on any atom is 0.238 e. The molecule has 0 radical (unpaired) electrons. The SMILES string of the molecule is CS(=O)(=O)N(CC(N)=O)c1ccc(C(Cl)(Cl)Cl)cc1. The highest BCUT2D eigenvalue weighted by Crippen LogP contribution is 2.38. The van der Waals surface area contributed by atoms with Gasteiger partial charge in [-0.05, 0) is 12.1 Å². The molecule has 0 aliphatic rings. The second kappa shape index (κ2) is 5.75. The molecular formula is C10H11Cl3N2O3S. The first-order valence-corrected chi connectivity index (χ1v) is 7.93. The molecule has 0 fully saturated rings. The van der Waals surface area contributed by atoms with Crippen molar-refractivity contribution in [1.82, 2.24) is 0 Å². The summed E-state index contributed by atoms with van der Waals surface area (Å²) in [5.41, 5.74) is 5.66. The van der Waals surface area contributed by atoms with Crippen molar-refractivity contribution in [3.63, 3.8) is 0 Å². The number of anilines is 1. The van der Waals surface area contributed by atoms with E-state index in [1.807, 2.05) is 0 Å². The van der Waals surface area contributed by atoms with Gasteiger partial charge >= 0.3 is 0 Å². The predicted molar refractivity (Wildman–Crippen MR) is 77.1 cm³/mol. The summed E-state index contributed by atoms with van der Waals surface area (Å²) in [7, 11) is -3.63. The number of amides is 1. The Morgan fingerprint density at radius 2 is 1.74 bits per heavy atom. The summed E-state index contributed by atoms with van der Waals surface area (Å²) in [6.07, 6.45) is 0.971. The zero-order chi connectivity index (χ0) is 14.8. The lowest BCUT2D eigenvalue weighted by atomic mass is 10.2. The fraction of sp³-hybridized carbons (Fsp3) is 0.300. The van der Waals surface area contributed by atoms with Gasteiger partial charge in [0, 0.05) is 5.56 Å². The molecule has 1 aromatic carbocycles. The van der Waals surface area contributed by atoms with E-state index in [1.165, 1.54) is 24.3 Å². The second-order valence-corrected chi connectivity index (χ2v) is 7.97. The molecule has 0 saturated carbocycles. The largest absolute Gasteiger partial charge is 0.368 e. The Bertz CT molecular complexity index is 567. The van der Waals surface area contributed by atoms with Gasteiger partial charge in [-0.2, -0.15) is 0 Å².